The van der Waals surface area contributed by atoms with Gasteiger partial charge in [0.25, 0.3) is 0 Å². The van der Waals surface area contributed by atoms with Crippen molar-refractivity contribution < 1.29 is 19.2 Å². The van der Waals surface area contributed by atoms with Crippen LogP contribution < -0.4 is 9.47 Å². The van der Waals surface area contributed by atoms with E-state index in [4.69, 9.17) is 9.47 Å². The van der Waals surface area contributed by atoms with Crippen molar-refractivity contribution in [2.24, 2.45) is 0 Å². The number of unbranched alkanes of at least 4 members (excludes halogenated alkanes) is 5. The van der Waals surface area contributed by atoms with Gasteiger partial charge in [-0.05, 0) is 47.9 Å². The number of carbonyl (C=O) groups is 1. The molecule has 3 rings (SSSR count). The van der Waals surface area contributed by atoms with Gasteiger partial charge in [-0.15, -0.1) is 0 Å². The Morgan fingerprint density at radius 1 is 0.848 bits per heavy atom. The highest BCUT2D eigenvalue weighted by atomic mass is 16.6. The SMILES string of the molecule is CCCCCCCCOc1ccc(-c2ccc(C(=O)Oc3ccccc3)cc2)cc1[N+](=O)[O-]. The molecule has 0 N–H and O–H groups in total. The molecular formula is C27H29NO5. The van der Waals surface area contributed by atoms with Gasteiger partial charge in [-0.1, -0.05) is 75.4 Å². The Hall–Kier alpha value is -3.67. The van der Waals surface area contributed by atoms with Gasteiger partial charge in [0.15, 0.2) is 5.75 Å². The largest absolute Gasteiger partial charge is 0.487 e. The van der Waals surface area contributed by atoms with E-state index in [9.17, 15) is 14.9 Å². The molecule has 0 fully saturated rings. The fourth-order valence-electron chi connectivity index (χ4n) is 3.48. The molecule has 0 bridgehead atoms. The van der Waals surface area contributed by atoms with E-state index in [0.717, 1.165) is 24.8 Å². The first-order chi connectivity index (χ1) is 16.1. The van der Waals surface area contributed by atoms with Crippen LogP contribution in [0.1, 0.15) is 55.8 Å². The quantitative estimate of drug-likeness (QED) is 0.0963. The van der Waals surface area contributed by atoms with E-state index >= 15 is 0 Å². The van der Waals surface area contributed by atoms with Crippen molar-refractivity contribution in [3.05, 3.63) is 88.5 Å². The monoisotopic (exact) mass is 447 g/mol. The summed E-state index contributed by atoms with van der Waals surface area (Å²) in [5.74, 6) is 0.288. The van der Waals surface area contributed by atoms with Crippen LogP contribution in [-0.2, 0) is 0 Å². The molecule has 0 aromatic heterocycles. The fraction of sp³-hybridized carbons (Fsp3) is 0.296. The molecule has 0 aliphatic heterocycles. The number of hydrogen-bond donors (Lipinski definition) is 0. The van der Waals surface area contributed by atoms with Crippen LogP contribution in [0.4, 0.5) is 5.69 Å². The van der Waals surface area contributed by atoms with Crippen LogP contribution in [0.5, 0.6) is 11.5 Å². The van der Waals surface area contributed by atoms with Crippen LogP contribution in [0.2, 0.25) is 0 Å². The summed E-state index contributed by atoms with van der Waals surface area (Å²) >= 11 is 0. The lowest BCUT2D eigenvalue weighted by Crippen LogP contribution is -2.08. The van der Waals surface area contributed by atoms with Crippen molar-refractivity contribution in [3.8, 4) is 22.6 Å². The summed E-state index contributed by atoms with van der Waals surface area (Å²) in [6.45, 7) is 2.64. The number of ether oxygens (including phenoxy) is 2. The lowest BCUT2D eigenvalue weighted by molar-refractivity contribution is -0.385. The van der Waals surface area contributed by atoms with Gasteiger partial charge in [0.05, 0.1) is 17.1 Å². The molecule has 6 heteroatoms. The topological polar surface area (TPSA) is 78.7 Å². The molecule has 3 aromatic rings. The summed E-state index contributed by atoms with van der Waals surface area (Å²) in [6.07, 6.45) is 6.76. The van der Waals surface area contributed by atoms with E-state index < -0.39 is 10.9 Å². The Morgan fingerprint density at radius 3 is 2.21 bits per heavy atom. The van der Waals surface area contributed by atoms with Crippen molar-refractivity contribution in [1.29, 1.82) is 0 Å². The highest BCUT2D eigenvalue weighted by molar-refractivity contribution is 5.91. The van der Waals surface area contributed by atoms with Crippen LogP contribution in [0, 0.1) is 10.1 Å². The van der Waals surface area contributed by atoms with Gasteiger partial charge in [-0.3, -0.25) is 10.1 Å². The van der Waals surface area contributed by atoms with E-state index in [1.165, 1.54) is 25.3 Å². The molecule has 0 amide bonds. The third kappa shape index (κ3) is 7.17. The number of carbonyl (C=O) groups excluding carboxylic acids is 1. The van der Waals surface area contributed by atoms with Crippen LogP contribution in [0.3, 0.4) is 0 Å². The van der Waals surface area contributed by atoms with E-state index in [0.29, 0.717) is 23.5 Å². The lowest BCUT2D eigenvalue weighted by Gasteiger charge is -2.09. The number of nitro benzene ring substituents is 1. The summed E-state index contributed by atoms with van der Waals surface area (Å²) in [7, 11) is 0. The molecule has 3 aromatic carbocycles. The minimum atomic E-state index is -0.461. The Morgan fingerprint density at radius 2 is 1.52 bits per heavy atom. The van der Waals surface area contributed by atoms with Gasteiger partial charge in [0.2, 0.25) is 0 Å². The van der Waals surface area contributed by atoms with Crippen molar-refractivity contribution in [1.82, 2.24) is 0 Å². The standard InChI is InChI=1S/C27H29NO5/c1-2-3-4-5-6-10-19-32-26-18-17-23(20-25(26)28(30)31)21-13-15-22(16-14-21)27(29)33-24-11-8-7-9-12-24/h7-9,11-18,20H,2-6,10,19H2,1H3. The number of hydrogen-bond acceptors (Lipinski definition) is 5. The molecule has 0 saturated heterocycles. The molecular weight excluding hydrogens is 418 g/mol. The zero-order chi connectivity index (χ0) is 23.5. The third-order valence-corrected chi connectivity index (χ3v) is 5.32. The van der Waals surface area contributed by atoms with Crippen LogP contribution >= 0.6 is 0 Å². The minimum absolute atomic E-state index is 0.0638. The average Bonchev–Trinajstić information content (AvgIpc) is 2.84. The maximum Gasteiger partial charge on any atom is 0.343 e. The zero-order valence-electron chi connectivity index (χ0n) is 18.9. The molecule has 0 saturated carbocycles. The second-order valence-corrected chi connectivity index (χ2v) is 7.84. The Labute approximate surface area is 194 Å². The molecule has 6 nitrogen and oxygen atoms in total. The summed E-state index contributed by atoms with van der Waals surface area (Å²) in [5, 5.41) is 11.6. The van der Waals surface area contributed by atoms with Crippen LogP contribution in [0.25, 0.3) is 11.1 Å². The predicted molar refractivity (Wildman–Crippen MR) is 129 cm³/mol. The number of esters is 1. The first-order valence-corrected chi connectivity index (χ1v) is 11.4. The Kier molecular flexibility index (Phi) is 9.00. The van der Waals surface area contributed by atoms with Gasteiger partial charge in [0, 0.05) is 6.07 Å². The van der Waals surface area contributed by atoms with Crippen molar-refractivity contribution in [2.45, 2.75) is 45.4 Å². The van der Waals surface area contributed by atoms with E-state index in [2.05, 4.69) is 6.92 Å². The second-order valence-electron chi connectivity index (χ2n) is 7.84. The lowest BCUT2D eigenvalue weighted by atomic mass is 10.0. The molecule has 33 heavy (non-hydrogen) atoms. The molecule has 0 unspecified atom stereocenters. The van der Waals surface area contributed by atoms with E-state index in [1.807, 2.05) is 6.07 Å². The number of nitro groups is 1. The fourth-order valence-corrected chi connectivity index (χ4v) is 3.48. The van der Waals surface area contributed by atoms with Crippen LogP contribution in [0.15, 0.2) is 72.8 Å². The molecule has 0 spiro atoms. The van der Waals surface area contributed by atoms with Gasteiger partial charge in [0.1, 0.15) is 5.75 Å². The van der Waals surface area contributed by atoms with Crippen molar-refractivity contribution >= 4 is 11.7 Å². The number of nitrogens with zero attached hydrogens (tertiary/aromatic N) is 1. The Bertz CT molecular complexity index is 1050. The van der Waals surface area contributed by atoms with Gasteiger partial charge >= 0.3 is 11.7 Å². The second kappa shape index (κ2) is 12.4. The molecule has 0 aliphatic carbocycles. The highest BCUT2D eigenvalue weighted by Gasteiger charge is 2.17. The third-order valence-electron chi connectivity index (χ3n) is 5.32. The van der Waals surface area contributed by atoms with Crippen LogP contribution in [-0.4, -0.2) is 17.5 Å². The maximum absolute atomic E-state index is 12.3. The summed E-state index contributed by atoms with van der Waals surface area (Å²) in [4.78, 5) is 23.5. The first kappa shape index (κ1) is 24.0. The smallest absolute Gasteiger partial charge is 0.343 e. The Balaban J connectivity index is 1.63. The van der Waals surface area contributed by atoms with Gasteiger partial charge < -0.3 is 9.47 Å². The molecule has 0 radical (unpaired) electrons. The van der Waals surface area contributed by atoms with E-state index in [-0.39, 0.29) is 11.4 Å². The molecule has 0 aliphatic rings. The molecule has 0 heterocycles. The summed E-state index contributed by atoms with van der Waals surface area (Å²) in [6, 6.07) is 20.6. The number of rotatable bonds is 12. The van der Waals surface area contributed by atoms with Crippen molar-refractivity contribution in [3.63, 3.8) is 0 Å². The highest BCUT2D eigenvalue weighted by Crippen LogP contribution is 2.33. The number of benzene rings is 3. The normalized spacial score (nSPS) is 10.6. The van der Waals surface area contributed by atoms with E-state index in [1.54, 1.807) is 60.7 Å². The number of para-hydroxylation sites is 1. The molecule has 172 valence electrons. The summed E-state index contributed by atoms with van der Waals surface area (Å²) < 4.78 is 11.0. The molecule has 0 atom stereocenters. The summed E-state index contributed by atoms with van der Waals surface area (Å²) in [5.41, 5.74) is 1.77. The first-order valence-electron chi connectivity index (χ1n) is 11.4. The minimum Gasteiger partial charge on any atom is -0.487 e. The van der Waals surface area contributed by atoms with Gasteiger partial charge in [-0.2, -0.15) is 0 Å². The van der Waals surface area contributed by atoms with Gasteiger partial charge in [-0.25, -0.2) is 4.79 Å². The average molecular weight is 448 g/mol. The predicted octanol–water partition coefficient (Wildman–Crippen LogP) is 7.22. The zero-order valence-corrected chi connectivity index (χ0v) is 18.9. The maximum atomic E-state index is 12.3. The van der Waals surface area contributed by atoms with Crippen molar-refractivity contribution in [2.75, 3.05) is 6.61 Å².